The van der Waals surface area contributed by atoms with Crippen LogP contribution in [0.4, 0.5) is 0 Å². The van der Waals surface area contributed by atoms with E-state index < -0.39 is 10.4 Å². The van der Waals surface area contributed by atoms with Gasteiger partial charge >= 0.3 is 10.4 Å². The Hall–Kier alpha value is -0.600. The minimum Gasteiger partial charge on any atom is -0.299 e. The van der Waals surface area contributed by atoms with E-state index in [-0.39, 0.29) is 0 Å². The number of benzene rings is 1. The van der Waals surface area contributed by atoms with Gasteiger partial charge in [-0.1, -0.05) is 30.3 Å². The molecule has 1 aliphatic heterocycles. The van der Waals surface area contributed by atoms with Crippen molar-refractivity contribution in [2.24, 2.45) is 5.92 Å². The van der Waals surface area contributed by atoms with Crippen LogP contribution in [-0.2, 0) is 20.6 Å². The molecular weight excluding hydrogens is 310 g/mol. The van der Waals surface area contributed by atoms with E-state index >= 15 is 0 Å². The van der Waals surface area contributed by atoms with Crippen LogP contribution in [0.15, 0.2) is 30.3 Å². The van der Waals surface area contributed by atoms with Crippen molar-refractivity contribution in [2.45, 2.75) is 25.8 Å². The summed E-state index contributed by atoms with van der Waals surface area (Å²) in [5.41, 5.74) is 1.34. The fraction of sp³-hybridized carbons (Fsp3) is 0.571. The molecule has 1 saturated heterocycles. The zero-order valence-corrected chi connectivity index (χ0v) is 13.5. The SMILES string of the molecule is O=S(=O)(O)OSCCC1CCN(Cc2ccccc2)CC1. The molecule has 0 amide bonds. The van der Waals surface area contributed by atoms with E-state index in [1.54, 1.807) is 0 Å². The third-order valence-corrected chi connectivity index (χ3v) is 5.17. The lowest BCUT2D eigenvalue weighted by Crippen LogP contribution is -2.33. The molecule has 0 radical (unpaired) electrons. The van der Waals surface area contributed by atoms with E-state index in [9.17, 15) is 8.42 Å². The van der Waals surface area contributed by atoms with E-state index in [1.807, 2.05) is 6.07 Å². The Morgan fingerprint density at radius 3 is 2.52 bits per heavy atom. The predicted octanol–water partition coefficient (Wildman–Crippen LogP) is 2.76. The molecule has 1 aliphatic rings. The number of nitrogens with zero attached hydrogens (tertiary/aromatic N) is 1. The largest absolute Gasteiger partial charge is 0.408 e. The number of hydrogen-bond donors (Lipinski definition) is 1. The molecule has 5 nitrogen and oxygen atoms in total. The first-order chi connectivity index (χ1) is 10.0. The molecular formula is C14H21NO4S2. The van der Waals surface area contributed by atoms with Gasteiger partial charge in [0.1, 0.15) is 0 Å². The highest BCUT2D eigenvalue weighted by Crippen LogP contribution is 2.24. The molecule has 0 unspecified atom stereocenters. The van der Waals surface area contributed by atoms with Crippen molar-refractivity contribution >= 4 is 22.4 Å². The van der Waals surface area contributed by atoms with E-state index in [0.29, 0.717) is 11.7 Å². The van der Waals surface area contributed by atoms with E-state index in [4.69, 9.17) is 4.55 Å². The molecule has 0 spiro atoms. The zero-order valence-electron chi connectivity index (χ0n) is 11.8. The summed E-state index contributed by atoms with van der Waals surface area (Å²) in [6, 6.07) is 10.5. The maximum Gasteiger partial charge on any atom is 0.408 e. The molecule has 7 heteroatoms. The minimum absolute atomic E-state index is 0.586. The molecule has 118 valence electrons. The van der Waals surface area contributed by atoms with Crippen molar-refractivity contribution in [1.82, 2.24) is 4.90 Å². The fourth-order valence-electron chi connectivity index (χ4n) is 2.58. The van der Waals surface area contributed by atoms with Gasteiger partial charge in [0.15, 0.2) is 0 Å². The summed E-state index contributed by atoms with van der Waals surface area (Å²) in [6.45, 7) is 3.14. The van der Waals surface area contributed by atoms with Crippen LogP contribution in [-0.4, -0.2) is 36.7 Å². The maximum atomic E-state index is 10.4. The normalized spacial score (nSPS) is 18.0. The summed E-state index contributed by atoms with van der Waals surface area (Å²) < 4.78 is 33.5. The Bertz CT molecular complexity index is 513. The Morgan fingerprint density at radius 1 is 1.24 bits per heavy atom. The van der Waals surface area contributed by atoms with Gasteiger partial charge in [0.25, 0.3) is 0 Å². The lowest BCUT2D eigenvalue weighted by molar-refractivity contribution is 0.175. The lowest BCUT2D eigenvalue weighted by Gasteiger charge is -2.31. The predicted molar refractivity (Wildman–Crippen MR) is 84.2 cm³/mol. The quantitative estimate of drug-likeness (QED) is 0.471. The Balaban J connectivity index is 1.62. The summed E-state index contributed by atoms with van der Waals surface area (Å²) in [5, 5.41) is 0. The number of hydrogen-bond acceptors (Lipinski definition) is 5. The van der Waals surface area contributed by atoms with Crippen LogP contribution in [0.2, 0.25) is 0 Å². The van der Waals surface area contributed by atoms with Gasteiger partial charge in [-0.25, -0.2) is 0 Å². The van der Waals surface area contributed by atoms with Gasteiger partial charge in [-0.15, -0.1) is 0 Å². The summed E-state index contributed by atoms with van der Waals surface area (Å²) in [7, 11) is -4.32. The highest BCUT2D eigenvalue weighted by atomic mass is 32.3. The third kappa shape index (κ3) is 6.80. The van der Waals surface area contributed by atoms with Crippen LogP contribution in [0.1, 0.15) is 24.8 Å². The first kappa shape index (κ1) is 16.8. The van der Waals surface area contributed by atoms with Gasteiger partial charge in [-0.2, -0.15) is 12.0 Å². The highest BCUT2D eigenvalue weighted by Gasteiger charge is 2.19. The van der Waals surface area contributed by atoms with Crippen LogP contribution in [0, 0.1) is 5.92 Å². The summed E-state index contributed by atoms with van der Waals surface area (Å²) in [5.74, 6) is 1.19. The Morgan fingerprint density at radius 2 is 1.90 bits per heavy atom. The molecule has 21 heavy (non-hydrogen) atoms. The topological polar surface area (TPSA) is 66.8 Å². The van der Waals surface area contributed by atoms with Crippen molar-refractivity contribution in [2.75, 3.05) is 18.8 Å². The van der Waals surface area contributed by atoms with Crippen LogP contribution in [0.3, 0.4) is 0 Å². The first-order valence-electron chi connectivity index (χ1n) is 7.08. The molecule has 0 atom stereocenters. The minimum atomic E-state index is -4.32. The average molecular weight is 331 g/mol. The van der Waals surface area contributed by atoms with E-state index in [0.717, 1.165) is 50.9 Å². The summed E-state index contributed by atoms with van der Waals surface area (Å²) in [4.78, 5) is 2.45. The van der Waals surface area contributed by atoms with E-state index in [1.165, 1.54) is 5.56 Å². The van der Waals surface area contributed by atoms with Crippen LogP contribution < -0.4 is 0 Å². The van der Waals surface area contributed by atoms with Crippen molar-refractivity contribution in [1.29, 1.82) is 0 Å². The van der Waals surface area contributed by atoms with Crippen LogP contribution >= 0.6 is 12.0 Å². The molecule has 1 heterocycles. The number of piperidine rings is 1. The first-order valence-corrected chi connectivity index (χ1v) is 9.35. The molecule has 1 N–H and O–H groups in total. The van der Waals surface area contributed by atoms with Gasteiger partial charge in [0.05, 0.1) is 0 Å². The van der Waals surface area contributed by atoms with Gasteiger partial charge in [0.2, 0.25) is 0 Å². The number of likely N-dealkylation sites (tertiary alicyclic amines) is 1. The van der Waals surface area contributed by atoms with Crippen molar-refractivity contribution in [3.63, 3.8) is 0 Å². The van der Waals surface area contributed by atoms with Crippen molar-refractivity contribution in [3.05, 3.63) is 35.9 Å². The maximum absolute atomic E-state index is 10.4. The summed E-state index contributed by atoms with van der Waals surface area (Å²) in [6.07, 6.45) is 3.16. The molecule has 1 aromatic rings. The van der Waals surface area contributed by atoms with Gasteiger partial charge in [-0.3, -0.25) is 9.45 Å². The third-order valence-electron chi connectivity index (χ3n) is 3.70. The van der Waals surface area contributed by atoms with Gasteiger partial charge < -0.3 is 0 Å². The van der Waals surface area contributed by atoms with Crippen molar-refractivity contribution in [3.8, 4) is 0 Å². The van der Waals surface area contributed by atoms with Crippen molar-refractivity contribution < 1.29 is 16.6 Å². The highest BCUT2D eigenvalue weighted by molar-refractivity contribution is 8.02. The Kier molecular flexibility index (Phi) is 6.50. The fourth-order valence-corrected chi connectivity index (χ4v) is 3.77. The van der Waals surface area contributed by atoms with Crippen LogP contribution in [0.25, 0.3) is 0 Å². The molecule has 0 aromatic heterocycles. The second-order valence-electron chi connectivity index (χ2n) is 5.31. The lowest BCUT2D eigenvalue weighted by atomic mass is 9.94. The second-order valence-corrected chi connectivity index (χ2v) is 7.36. The molecule has 0 aliphatic carbocycles. The van der Waals surface area contributed by atoms with Gasteiger partial charge in [0, 0.05) is 24.3 Å². The van der Waals surface area contributed by atoms with E-state index in [2.05, 4.69) is 32.8 Å². The molecule has 1 fully saturated rings. The summed E-state index contributed by atoms with van der Waals surface area (Å²) >= 11 is 0.806. The smallest absolute Gasteiger partial charge is 0.299 e. The molecule has 0 bridgehead atoms. The second kappa shape index (κ2) is 8.14. The molecule has 2 rings (SSSR count). The average Bonchev–Trinajstić information content (AvgIpc) is 2.45. The number of rotatable bonds is 7. The van der Waals surface area contributed by atoms with Crippen LogP contribution in [0.5, 0.6) is 0 Å². The zero-order chi connectivity index (χ0) is 15.1. The monoisotopic (exact) mass is 331 g/mol. The Labute approximate surface area is 130 Å². The molecule has 0 saturated carbocycles. The molecule has 1 aromatic carbocycles. The standard InChI is InChI=1S/C14H21NO4S2/c16-21(17,18)19-20-11-8-13-6-9-15(10-7-13)12-14-4-2-1-3-5-14/h1-5,13H,6-12H2,(H,16,17,18). The van der Waals surface area contributed by atoms with Gasteiger partial charge in [-0.05, 0) is 43.8 Å².